The first-order valence-electron chi connectivity index (χ1n) is 7.57. The van der Waals surface area contributed by atoms with Gasteiger partial charge in [-0.25, -0.2) is 0 Å². The number of amides is 1. The number of pyridine rings is 2. The summed E-state index contributed by atoms with van der Waals surface area (Å²) in [5.74, 6) is -0.138. The lowest BCUT2D eigenvalue weighted by atomic mass is 9.97. The van der Waals surface area contributed by atoms with Crippen LogP contribution in [-0.4, -0.2) is 21.0 Å². The van der Waals surface area contributed by atoms with Crippen LogP contribution in [0.25, 0.3) is 10.9 Å². The summed E-state index contributed by atoms with van der Waals surface area (Å²) < 4.78 is 0. The van der Waals surface area contributed by atoms with Crippen LogP contribution in [0, 0.1) is 0 Å². The Morgan fingerprint density at radius 1 is 1.33 bits per heavy atom. The lowest BCUT2D eigenvalue weighted by Gasteiger charge is -2.21. The molecule has 2 aromatic heterocycles. The molecule has 0 saturated carbocycles. The number of aromatic hydroxyl groups is 1. The molecule has 2 N–H and O–H groups in total. The number of carbonyl (C=O) groups excluding carboxylic acids is 1. The molecule has 0 radical (unpaired) electrons. The molecule has 2 heterocycles. The van der Waals surface area contributed by atoms with Crippen LogP contribution in [0.4, 0.5) is 0 Å². The molecule has 6 heteroatoms. The van der Waals surface area contributed by atoms with E-state index in [0.717, 1.165) is 5.56 Å². The highest BCUT2D eigenvalue weighted by Crippen LogP contribution is 2.38. The maximum absolute atomic E-state index is 12.0. The quantitative estimate of drug-likeness (QED) is 0.760. The molecule has 5 nitrogen and oxygen atoms in total. The van der Waals surface area contributed by atoms with E-state index in [1.807, 2.05) is 6.07 Å². The van der Waals surface area contributed by atoms with E-state index in [-0.39, 0.29) is 11.7 Å². The van der Waals surface area contributed by atoms with Crippen molar-refractivity contribution in [2.24, 2.45) is 0 Å². The number of carbonyl (C=O) groups is 1. The molecule has 0 fully saturated rings. The second-order valence-electron chi connectivity index (χ2n) is 5.34. The largest absolute Gasteiger partial charge is 0.505 e. The van der Waals surface area contributed by atoms with Gasteiger partial charge in [-0.15, -0.1) is 0 Å². The number of halogens is 1. The number of fused-ring (bicyclic) bond motifs is 1. The highest BCUT2D eigenvalue weighted by Gasteiger charge is 2.23. The maximum atomic E-state index is 12.0. The number of hydrogen-bond acceptors (Lipinski definition) is 4. The third-order valence-electron chi connectivity index (χ3n) is 3.80. The minimum absolute atomic E-state index is 0.000237. The van der Waals surface area contributed by atoms with Crippen molar-refractivity contribution in [1.82, 2.24) is 15.3 Å². The van der Waals surface area contributed by atoms with Crippen molar-refractivity contribution in [1.29, 1.82) is 0 Å². The number of aromatic nitrogens is 2. The van der Waals surface area contributed by atoms with Gasteiger partial charge in [0.05, 0.1) is 11.1 Å². The highest BCUT2D eigenvalue weighted by atomic mass is 35.5. The highest BCUT2D eigenvalue weighted by molar-refractivity contribution is 6.35. The Hall–Kier alpha value is -2.66. The van der Waals surface area contributed by atoms with Crippen LogP contribution in [-0.2, 0) is 4.79 Å². The van der Waals surface area contributed by atoms with Crippen molar-refractivity contribution in [2.75, 3.05) is 0 Å². The lowest BCUT2D eigenvalue weighted by Crippen LogP contribution is -2.28. The molecule has 1 aromatic carbocycles. The molecular formula is C18H16ClN3O2. The molecule has 0 aliphatic heterocycles. The van der Waals surface area contributed by atoms with E-state index in [1.54, 1.807) is 49.8 Å². The van der Waals surface area contributed by atoms with Crippen LogP contribution in [0.15, 0.2) is 48.9 Å². The van der Waals surface area contributed by atoms with Crippen molar-refractivity contribution >= 4 is 28.4 Å². The second-order valence-corrected chi connectivity index (χ2v) is 5.74. The molecule has 0 spiro atoms. The molecule has 0 aliphatic carbocycles. The van der Waals surface area contributed by atoms with Gasteiger partial charge in [-0.1, -0.05) is 24.6 Å². The summed E-state index contributed by atoms with van der Waals surface area (Å²) in [4.78, 5) is 20.3. The molecule has 1 atom stereocenters. The zero-order valence-corrected chi connectivity index (χ0v) is 13.8. The molecule has 1 amide bonds. The van der Waals surface area contributed by atoms with Gasteiger partial charge >= 0.3 is 0 Å². The minimum atomic E-state index is -0.560. The van der Waals surface area contributed by atoms with Crippen LogP contribution >= 0.6 is 11.6 Å². The van der Waals surface area contributed by atoms with E-state index in [9.17, 15) is 9.90 Å². The van der Waals surface area contributed by atoms with Gasteiger partial charge in [-0.3, -0.25) is 14.8 Å². The van der Waals surface area contributed by atoms with Gasteiger partial charge in [0.25, 0.3) is 0 Å². The molecule has 3 aromatic rings. The van der Waals surface area contributed by atoms with Gasteiger partial charge in [0, 0.05) is 36.0 Å². The number of phenols is 1. The first-order chi connectivity index (χ1) is 11.6. The Morgan fingerprint density at radius 2 is 2.12 bits per heavy atom. The maximum Gasteiger partial charge on any atom is 0.220 e. The predicted octanol–water partition coefficient (Wildman–Crippen LogP) is 3.60. The van der Waals surface area contributed by atoms with Gasteiger partial charge in [0.2, 0.25) is 5.91 Å². The van der Waals surface area contributed by atoms with Crippen molar-refractivity contribution < 1.29 is 9.90 Å². The molecular weight excluding hydrogens is 326 g/mol. The van der Waals surface area contributed by atoms with Gasteiger partial charge in [-0.05, 0) is 29.8 Å². The van der Waals surface area contributed by atoms with E-state index < -0.39 is 6.04 Å². The first-order valence-corrected chi connectivity index (χ1v) is 7.95. The summed E-state index contributed by atoms with van der Waals surface area (Å²) >= 11 is 6.36. The first kappa shape index (κ1) is 16.2. The summed E-state index contributed by atoms with van der Waals surface area (Å²) in [5.41, 5.74) is 1.64. The van der Waals surface area contributed by atoms with Crippen molar-refractivity contribution in [3.63, 3.8) is 0 Å². The van der Waals surface area contributed by atoms with Crippen molar-refractivity contribution in [2.45, 2.75) is 19.4 Å². The fourth-order valence-corrected chi connectivity index (χ4v) is 2.85. The molecule has 3 rings (SSSR count). The summed E-state index contributed by atoms with van der Waals surface area (Å²) in [7, 11) is 0. The number of rotatable bonds is 4. The van der Waals surface area contributed by atoms with E-state index in [2.05, 4.69) is 15.3 Å². The zero-order chi connectivity index (χ0) is 17.1. The van der Waals surface area contributed by atoms with E-state index in [1.165, 1.54) is 0 Å². The summed E-state index contributed by atoms with van der Waals surface area (Å²) in [6.45, 7) is 1.77. The van der Waals surface area contributed by atoms with E-state index in [4.69, 9.17) is 11.6 Å². The van der Waals surface area contributed by atoms with Gasteiger partial charge in [-0.2, -0.15) is 0 Å². The number of phenolic OH excluding ortho intramolecular Hbond substituents is 1. The Morgan fingerprint density at radius 3 is 2.83 bits per heavy atom. The molecule has 1 unspecified atom stereocenters. The van der Waals surface area contributed by atoms with Crippen molar-refractivity contribution in [3.05, 3.63) is 65.1 Å². The summed E-state index contributed by atoms with van der Waals surface area (Å²) in [5, 5.41) is 14.7. The van der Waals surface area contributed by atoms with Gasteiger partial charge in [0.1, 0.15) is 11.3 Å². The Labute approximate surface area is 144 Å². The number of hydrogen-bond donors (Lipinski definition) is 2. The van der Waals surface area contributed by atoms with Crippen LogP contribution in [0.3, 0.4) is 0 Å². The lowest BCUT2D eigenvalue weighted by molar-refractivity contribution is -0.121. The third kappa shape index (κ3) is 3.03. The zero-order valence-electron chi connectivity index (χ0n) is 13.0. The Kier molecular flexibility index (Phi) is 4.62. The summed E-state index contributed by atoms with van der Waals surface area (Å²) in [6.07, 6.45) is 5.22. The summed E-state index contributed by atoms with van der Waals surface area (Å²) in [6, 6.07) is 8.26. The van der Waals surface area contributed by atoms with Crippen molar-refractivity contribution in [3.8, 4) is 5.75 Å². The van der Waals surface area contributed by atoms with Gasteiger partial charge < -0.3 is 10.4 Å². The smallest absolute Gasteiger partial charge is 0.220 e. The molecule has 0 bridgehead atoms. The fraction of sp³-hybridized carbons (Fsp3) is 0.167. The number of benzene rings is 1. The third-order valence-corrected chi connectivity index (χ3v) is 4.11. The molecule has 0 saturated heterocycles. The standard InChI is InChI=1S/C18H16ClN3O2/c1-2-15(23)22-16(11-5-3-7-20-10-11)13-9-14(19)12-6-4-8-21-17(12)18(13)24/h3-10,16,24H,2H2,1H3,(H,22,23). The second kappa shape index (κ2) is 6.84. The van der Waals surface area contributed by atoms with Crippen LogP contribution in [0.5, 0.6) is 5.75 Å². The molecule has 24 heavy (non-hydrogen) atoms. The predicted molar refractivity (Wildman–Crippen MR) is 92.9 cm³/mol. The van der Waals surface area contributed by atoms with Crippen LogP contribution < -0.4 is 5.32 Å². The molecule has 122 valence electrons. The molecule has 0 aliphatic rings. The monoisotopic (exact) mass is 341 g/mol. The Balaban J connectivity index is 2.19. The number of nitrogens with zero attached hydrogens (tertiary/aromatic N) is 2. The van der Waals surface area contributed by atoms with Gasteiger partial charge in [0.15, 0.2) is 0 Å². The Bertz CT molecular complexity index is 884. The minimum Gasteiger partial charge on any atom is -0.505 e. The topological polar surface area (TPSA) is 75.1 Å². The average molecular weight is 342 g/mol. The number of nitrogens with one attached hydrogen (secondary N) is 1. The van der Waals surface area contributed by atoms with E-state index >= 15 is 0 Å². The SMILES string of the molecule is CCC(=O)NC(c1cccnc1)c1cc(Cl)c2cccnc2c1O. The van der Waals surface area contributed by atoms with Crippen LogP contribution in [0.2, 0.25) is 5.02 Å². The normalized spacial score (nSPS) is 12.1. The van der Waals surface area contributed by atoms with E-state index in [0.29, 0.717) is 27.9 Å². The van der Waals surface area contributed by atoms with Crippen LogP contribution in [0.1, 0.15) is 30.5 Å². The fourth-order valence-electron chi connectivity index (χ4n) is 2.58. The average Bonchev–Trinajstić information content (AvgIpc) is 2.63.